The third kappa shape index (κ3) is 3.90. The first kappa shape index (κ1) is 16.4. The van der Waals surface area contributed by atoms with Gasteiger partial charge in [0.15, 0.2) is 5.78 Å². The van der Waals surface area contributed by atoms with Gasteiger partial charge in [-0.1, -0.05) is 59.7 Å². The third-order valence-electron chi connectivity index (χ3n) is 4.30. The van der Waals surface area contributed by atoms with Crippen molar-refractivity contribution >= 4 is 17.9 Å². The number of hydrogen-bond donors (Lipinski definition) is 0. The minimum absolute atomic E-state index is 0.161. The molecule has 0 saturated carbocycles. The molecule has 2 heteroatoms. The second-order valence-electron chi connectivity index (χ2n) is 6.66. The highest BCUT2D eigenvalue weighted by atomic mass is 16.1. The Balaban J connectivity index is 1.90. The predicted octanol–water partition coefficient (Wildman–Crippen LogP) is 4.28. The fourth-order valence-corrected chi connectivity index (χ4v) is 2.94. The normalized spacial score (nSPS) is 19.2. The van der Waals surface area contributed by atoms with Crippen LogP contribution in [0.1, 0.15) is 22.3 Å². The summed E-state index contributed by atoms with van der Waals surface area (Å²) in [6, 6.07) is 16.6. The lowest BCUT2D eigenvalue weighted by Crippen LogP contribution is -2.34. The Kier molecular flexibility index (Phi) is 4.77. The maximum atomic E-state index is 12.9. The van der Waals surface area contributed by atoms with Crippen molar-refractivity contribution in [2.75, 3.05) is 20.1 Å². The molecule has 1 aliphatic heterocycles. The Hall–Kier alpha value is -2.45. The summed E-state index contributed by atoms with van der Waals surface area (Å²) in [5, 5.41) is 0. The van der Waals surface area contributed by atoms with Crippen LogP contribution in [0.25, 0.3) is 12.2 Å². The topological polar surface area (TPSA) is 20.3 Å². The Morgan fingerprint density at radius 3 is 1.50 bits per heavy atom. The van der Waals surface area contributed by atoms with Crippen molar-refractivity contribution in [3.63, 3.8) is 0 Å². The summed E-state index contributed by atoms with van der Waals surface area (Å²) in [4.78, 5) is 15.0. The molecule has 2 aromatic rings. The zero-order valence-electron chi connectivity index (χ0n) is 14.5. The molecule has 0 amide bonds. The van der Waals surface area contributed by atoms with Gasteiger partial charge in [0.1, 0.15) is 0 Å². The summed E-state index contributed by atoms with van der Waals surface area (Å²) >= 11 is 0. The van der Waals surface area contributed by atoms with Crippen LogP contribution in [0.4, 0.5) is 0 Å². The van der Waals surface area contributed by atoms with Crippen LogP contribution in [-0.2, 0) is 4.79 Å². The molecule has 24 heavy (non-hydrogen) atoms. The fraction of sp³-hybridized carbons (Fsp3) is 0.227. The highest BCUT2D eigenvalue weighted by Crippen LogP contribution is 2.21. The van der Waals surface area contributed by atoms with Gasteiger partial charge in [-0.25, -0.2) is 0 Å². The average Bonchev–Trinajstić information content (AvgIpc) is 2.56. The highest BCUT2D eigenvalue weighted by Gasteiger charge is 2.23. The molecule has 0 unspecified atom stereocenters. The Bertz CT molecular complexity index is 727. The number of carbonyl (C=O) groups is 1. The molecule has 1 saturated heterocycles. The fourth-order valence-electron chi connectivity index (χ4n) is 2.94. The van der Waals surface area contributed by atoms with Gasteiger partial charge in [0.25, 0.3) is 0 Å². The molecule has 2 aromatic carbocycles. The van der Waals surface area contributed by atoms with E-state index >= 15 is 0 Å². The zero-order chi connectivity index (χ0) is 17.1. The van der Waals surface area contributed by atoms with Crippen LogP contribution < -0.4 is 0 Å². The molecule has 1 aliphatic rings. The lowest BCUT2D eigenvalue weighted by molar-refractivity contribution is -0.113. The van der Waals surface area contributed by atoms with Crippen molar-refractivity contribution in [2.45, 2.75) is 13.8 Å². The lowest BCUT2D eigenvalue weighted by atomic mass is 9.94. The number of piperidine rings is 1. The summed E-state index contributed by atoms with van der Waals surface area (Å²) in [6.07, 6.45) is 4.03. The first-order valence-corrected chi connectivity index (χ1v) is 8.29. The van der Waals surface area contributed by atoms with E-state index in [4.69, 9.17) is 0 Å². The SMILES string of the molecule is Cc1ccc(/C=C2\CN(C)C/C(=C\c3ccc(C)cc3)C2=O)cc1. The number of hydrogen-bond acceptors (Lipinski definition) is 2. The Morgan fingerprint density at radius 1 is 0.750 bits per heavy atom. The van der Waals surface area contributed by atoms with Gasteiger partial charge in [-0.05, 0) is 44.2 Å². The number of carbonyl (C=O) groups excluding carboxylic acids is 1. The van der Waals surface area contributed by atoms with E-state index in [2.05, 4.69) is 74.3 Å². The number of likely N-dealkylation sites (N-methyl/N-ethyl adjacent to an activating group) is 1. The molecule has 0 bridgehead atoms. The molecule has 0 aliphatic carbocycles. The summed E-state index contributed by atoms with van der Waals surface area (Å²) < 4.78 is 0. The van der Waals surface area contributed by atoms with Gasteiger partial charge in [0.2, 0.25) is 0 Å². The minimum atomic E-state index is 0.161. The number of ketones is 1. The monoisotopic (exact) mass is 317 g/mol. The second kappa shape index (κ2) is 6.98. The van der Waals surface area contributed by atoms with Gasteiger partial charge in [-0.2, -0.15) is 0 Å². The van der Waals surface area contributed by atoms with Crippen molar-refractivity contribution in [2.24, 2.45) is 0 Å². The highest BCUT2D eigenvalue weighted by molar-refractivity contribution is 6.14. The summed E-state index contributed by atoms with van der Waals surface area (Å²) in [6.45, 7) is 5.52. The second-order valence-corrected chi connectivity index (χ2v) is 6.66. The van der Waals surface area contributed by atoms with Crippen LogP contribution >= 0.6 is 0 Å². The lowest BCUT2D eigenvalue weighted by Gasteiger charge is -2.26. The number of likely N-dealkylation sites (tertiary alicyclic amines) is 1. The first-order chi connectivity index (χ1) is 11.5. The largest absolute Gasteiger partial charge is 0.298 e. The van der Waals surface area contributed by atoms with Crippen LogP contribution in [0.15, 0.2) is 59.7 Å². The Morgan fingerprint density at radius 2 is 1.12 bits per heavy atom. The van der Waals surface area contributed by atoms with Gasteiger partial charge in [-0.15, -0.1) is 0 Å². The third-order valence-corrected chi connectivity index (χ3v) is 4.30. The number of aryl methyl sites for hydroxylation is 2. The van der Waals surface area contributed by atoms with E-state index in [0.717, 1.165) is 22.3 Å². The summed E-state index contributed by atoms with van der Waals surface area (Å²) in [5.41, 5.74) is 6.31. The van der Waals surface area contributed by atoms with Crippen molar-refractivity contribution in [3.8, 4) is 0 Å². The summed E-state index contributed by atoms with van der Waals surface area (Å²) in [5.74, 6) is 0.161. The van der Waals surface area contributed by atoms with E-state index in [1.807, 2.05) is 12.2 Å². The van der Waals surface area contributed by atoms with E-state index < -0.39 is 0 Å². The van der Waals surface area contributed by atoms with Crippen LogP contribution in [0, 0.1) is 13.8 Å². The number of benzene rings is 2. The zero-order valence-corrected chi connectivity index (χ0v) is 14.5. The van der Waals surface area contributed by atoms with E-state index in [-0.39, 0.29) is 5.78 Å². The molecular formula is C22H23NO. The molecule has 3 rings (SSSR count). The number of nitrogens with zero attached hydrogens (tertiary/aromatic N) is 1. The van der Waals surface area contributed by atoms with Gasteiger partial charge >= 0.3 is 0 Å². The van der Waals surface area contributed by atoms with Gasteiger partial charge in [0.05, 0.1) is 0 Å². The van der Waals surface area contributed by atoms with Gasteiger partial charge < -0.3 is 0 Å². The smallest absolute Gasteiger partial charge is 0.187 e. The van der Waals surface area contributed by atoms with Gasteiger partial charge in [0, 0.05) is 24.2 Å². The van der Waals surface area contributed by atoms with Crippen LogP contribution in [-0.4, -0.2) is 30.8 Å². The molecule has 122 valence electrons. The maximum Gasteiger partial charge on any atom is 0.187 e. The van der Waals surface area contributed by atoms with Crippen molar-refractivity contribution in [1.29, 1.82) is 0 Å². The van der Waals surface area contributed by atoms with Crippen molar-refractivity contribution in [1.82, 2.24) is 4.90 Å². The quantitative estimate of drug-likeness (QED) is 0.770. The molecule has 0 atom stereocenters. The molecule has 1 heterocycles. The van der Waals surface area contributed by atoms with Crippen LogP contribution in [0.3, 0.4) is 0 Å². The predicted molar refractivity (Wildman–Crippen MR) is 101 cm³/mol. The van der Waals surface area contributed by atoms with Gasteiger partial charge in [-0.3, -0.25) is 9.69 Å². The number of Topliss-reactive ketones (excluding diaryl/α,β-unsaturated/α-hetero) is 1. The van der Waals surface area contributed by atoms with Crippen molar-refractivity contribution in [3.05, 3.63) is 81.9 Å². The van der Waals surface area contributed by atoms with E-state index in [1.54, 1.807) is 0 Å². The minimum Gasteiger partial charge on any atom is -0.298 e. The molecule has 0 N–H and O–H groups in total. The standard InChI is InChI=1S/C22H23NO/c1-16-4-8-18(9-5-16)12-20-14-23(3)15-21(22(20)24)13-19-10-6-17(2)7-11-19/h4-13H,14-15H2,1-3H3/b20-12+,21-13+. The molecular weight excluding hydrogens is 294 g/mol. The first-order valence-electron chi connectivity index (χ1n) is 8.29. The van der Waals surface area contributed by atoms with E-state index in [1.165, 1.54) is 11.1 Å². The van der Waals surface area contributed by atoms with E-state index in [9.17, 15) is 4.79 Å². The molecule has 0 radical (unpaired) electrons. The average molecular weight is 317 g/mol. The van der Waals surface area contributed by atoms with Crippen LogP contribution in [0.5, 0.6) is 0 Å². The van der Waals surface area contributed by atoms with E-state index in [0.29, 0.717) is 13.1 Å². The van der Waals surface area contributed by atoms with Crippen molar-refractivity contribution < 1.29 is 4.79 Å². The molecule has 0 spiro atoms. The maximum absolute atomic E-state index is 12.9. The number of rotatable bonds is 2. The molecule has 2 nitrogen and oxygen atoms in total. The summed E-state index contributed by atoms with van der Waals surface area (Å²) in [7, 11) is 2.05. The van der Waals surface area contributed by atoms with Crippen LogP contribution in [0.2, 0.25) is 0 Å². The molecule has 1 fully saturated rings. The Labute approximate surface area is 144 Å². The molecule has 0 aromatic heterocycles.